The zero-order valence-electron chi connectivity index (χ0n) is 9.10. The summed E-state index contributed by atoms with van der Waals surface area (Å²) in [5.41, 5.74) is 0.485. The van der Waals surface area contributed by atoms with Crippen molar-refractivity contribution < 1.29 is 8.78 Å². The summed E-state index contributed by atoms with van der Waals surface area (Å²) in [5.74, 6) is 1.51. The summed E-state index contributed by atoms with van der Waals surface area (Å²) in [7, 11) is 0. The summed E-state index contributed by atoms with van der Waals surface area (Å²) in [6.07, 6.45) is 7.82. The molecule has 0 aliphatic rings. The first-order valence-electron chi connectivity index (χ1n) is 5.32. The van der Waals surface area contributed by atoms with Gasteiger partial charge in [0.2, 0.25) is 0 Å². The first-order valence-corrected chi connectivity index (χ1v) is 5.32. The quantitative estimate of drug-likeness (QED) is 0.577. The molecule has 86 valence electrons. The Morgan fingerprint density at radius 2 is 2.06 bits per heavy atom. The smallest absolute Gasteiger partial charge is 0.130 e. The standard InChI is InChI=1S/C13H15F2N/c1-2-3-4-5-8-16-10-11-6-7-12(14)9-13(11)15/h1,6-7,9,16H,3-5,8,10H2. The van der Waals surface area contributed by atoms with Gasteiger partial charge in [-0.05, 0) is 25.5 Å². The molecule has 0 heterocycles. The summed E-state index contributed by atoms with van der Waals surface area (Å²) in [5, 5.41) is 3.09. The van der Waals surface area contributed by atoms with E-state index in [9.17, 15) is 8.78 Å². The van der Waals surface area contributed by atoms with E-state index in [1.54, 1.807) is 0 Å². The highest BCUT2D eigenvalue weighted by Crippen LogP contribution is 2.08. The Kier molecular flexibility index (Phi) is 5.52. The van der Waals surface area contributed by atoms with E-state index in [1.807, 2.05) is 0 Å². The van der Waals surface area contributed by atoms with Crippen molar-refractivity contribution in [2.45, 2.75) is 25.8 Å². The molecule has 0 bridgehead atoms. The molecular weight excluding hydrogens is 208 g/mol. The van der Waals surface area contributed by atoms with Gasteiger partial charge in [-0.25, -0.2) is 8.78 Å². The van der Waals surface area contributed by atoms with Crippen LogP contribution in [0.4, 0.5) is 8.78 Å². The van der Waals surface area contributed by atoms with Gasteiger partial charge in [-0.2, -0.15) is 0 Å². The van der Waals surface area contributed by atoms with Crippen LogP contribution in [0.2, 0.25) is 0 Å². The number of hydrogen-bond donors (Lipinski definition) is 1. The molecule has 0 aliphatic carbocycles. The number of nitrogens with one attached hydrogen (secondary N) is 1. The highest BCUT2D eigenvalue weighted by molar-refractivity contribution is 5.18. The van der Waals surface area contributed by atoms with Crippen LogP contribution in [0.15, 0.2) is 18.2 Å². The molecule has 0 aliphatic heterocycles. The Balaban J connectivity index is 2.25. The lowest BCUT2D eigenvalue weighted by molar-refractivity contribution is 0.555. The lowest BCUT2D eigenvalue weighted by Gasteiger charge is -2.05. The molecule has 3 heteroatoms. The van der Waals surface area contributed by atoms with Gasteiger partial charge in [0.05, 0.1) is 0 Å². The predicted molar refractivity (Wildman–Crippen MR) is 60.7 cm³/mol. The average molecular weight is 223 g/mol. The fraction of sp³-hybridized carbons (Fsp3) is 0.385. The molecule has 1 N–H and O–H groups in total. The Hall–Kier alpha value is -1.40. The number of unbranched alkanes of at least 4 members (excludes halogenated alkanes) is 2. The van der Waals surface area contributed by atoms with Gasteiger partial charge in [-0.3, -0.25) is 0 Å². The second-order valence-electron chi connectivity index (χ2n) is 3.57. The predicted octanol–water partition coefficient (Wildman–Crippen LogP) is 2.86. The molecule has 0 fully saturated rings. The van der Waals surface area contributed by atoms with Gasteiger partial charge in [-0.15, -0.1) is 12.3 Å². The van der Waals surface area contributed by atoms with Gasteiger partial charge in [-0.1, -0.05) is 6.07 Å². The maximum atomic E-state index is 13.2. The first kappa shape index (κ1) is 12.7. The fourth-order valence-electron chi connectivity index (χ4n) is 1.37. The highest BCUT2D eigenvalue weighted by atomic mass is 19.1. The third-order valence-electron chi connectivity index (χ3n) is 2.26. The summed E-state index contributed by atoms with van der Waals surface area (Å²) >= 11 is 0. The molecule has 0 saturated carbocycles. The topological polar surface area (TPSA) is 12.0 Å². The van der Waals surface area contributed by atoms with Crippen LogP contribution in [0, 0.1) is 24.0 Å². The van der Waals surface area contributed by atoms with Crippen molar-refractivity contribution in [3.8, 4) is 12.3 Å². The van der Waals surface area contributed by atoms with Crippen molar-refractivity contribution in [3.63, 3.8) is 0 Å². The van der Waals surface area contributed by atoms with E-state index in [0.29, 0.717) is 12.1 Å². The minimum Gasteiger partial charge on any atom is -0.313 e. The first-order chi connectivity index (χ1) is 7.74. The van der Waals surface area contributed by atoms with Gasteiger partial charge < -0.3 is 5.32 Å². The summed E-state index contributed by atoms with van der Waals surface area (Å²) < 4.78 is 25.8. The Morgan fingerprint density at radius 1 is 1.25 bits per heavy atom. The number of terminal acetylenes is 1. The molecule has 0 spiro atoms. The molecule has 0 unspecified atom stereocenters. The number of halogens is 2. The van der Waals surface area contributed by atoms with Crippen LogP contribution in [0.5, 0.6) is 0 Å². The summed E-state index contributed by atoms with van der Waals surface area (Å²) in [6, 6.07) is 3.62. The molecule has 0 aromatic heterocycles. The third-order valence-corrected chi connectivity index (χ3v) is 2.26. The summed E-state index contributed by atoms with van der Waals surface area (Å²) in [6.45, 7) is 1.21. The van der Waals surface area contributed by atoms with Crippen molar-refractivity contribution in [1.82, 2.24) is 5.32 Å². The number of rotatable bonds is 6. The van der Waals surface area contributed by atoms with Crippen LogP contribution in [0.1, 0.15) is 24.8 Å². The molecule has 0 atom stereocenters. The maximum Gasteiger partial charge on any atom is 0.130 e. The van der Waals surface area contributed by atoms with Crippen molar-refractivity contribution >= 4 is 0 Å². The normalized spacial score (nSPS) is 10.1. The van der Waals surface area contributed by atoms with Crippen LogP contribution in [-0.4, -0.2) is 6.54 Å². The highest BCUT2D eigenvalue weighted by Gasteiger charge is 2.02. The number of benzene rings is 1. The Morgan fingerprint density at radius 3 is 2.75 bits per heavy atom. The summed E-state index contributed by atoms with van der Waals surface area (Å²) in [4.78, 5) is 0. The fourth-order valence-corrected chi connectivity index (χ4v) is 1.37. The zero-order chi connectivity index (χ0) is 11.8. The minimum atomic E-state index is -0.546. The van der Waals surface area contributed by atoms with Crippen molar-refractivity contribution in [3.05, 3.63) is 35.4 Å². The van der Waals surface area contributed by atoms with Gasteiger partial charge in [0.1, 0.15) is 11.6 Å². The molecule has 1 aromatic rings. The van der Waals surface area contributed by atoms with E-state index in [2.05, 4.69) is 11.2 Å². The van der Waals surface area contributed by atoms with Crippen LogP contribution in [-0.2, 0) is 6.54 Å². The number of hydrogen-bond acceptors (Lipinski definition) is 1. The van der Waals surface area contributed by atoms with E-state index in [1.165, 1.54) is 12.1 Å². The van der Waals surface area contributed by atoms with Gasteiger partial charge in [0, 0.05) is 24.6 Å². The van der Waals surface area contributed by atoms with Crippen LogP contribution in [0.3, 0.4) is 0 Å². The molecule has 0 amide bonds. The second-order valence-corrected chi connectivity index (χ2v) is 3.57. The van der Waals surface area contributed by atoms with Crippen LogP contribution < -0.4 is 5.32 Å². The molecular formula is C13H15F2N. The molecule has 1 nitrogen and oxygen atoms in total. The van der Waals surface area contributed by atoms with E-state index in [4.69, 9.17) is 6.42 Å². The van der Waals surface area contributed by atoms with Crippen molar-refractivity contribution in [2.24, 2.45) is 0 Å². The van der Waals surface area contributed by atoms with Gasteiger partial charge in [0.25, 0.3) is 0 Å². The van der Waals surface area contributed by atoms with Crippen LogP contribution >= 0.6 is 0 Å². The molecule has 0 saturated heterocycles. The van der Waals surface area contributed by atoms with E-state index in [0.717, 1.165) is 31.9 Å². The molecule has 16 heavy (non-hydrogen) atoms. The SMILES string of the molecule is C#CCCCCNCc1ccc(F)cc1F. The van der Waals surface area contributed by atoms with Crippen molar-refractivity contribution in [2.75, 3.05) is 6.54 Å². The largest absolute Gasteiger partial charge is 0.313 e. The third kappa shape index (κ3) is 4.41. The maximum absolute atomic E-state index is 13.2. The van der Waals surface area contributed by atoms with Gasteiger partial charge in [0.15, 0.2) is 0 Å². The van der Waals surface area contributed by atoms with Gasteiger partial charge >= 0.3 is 0 Å². The molecule has 1 rings (SSSR count). The zero-order valence-corrected chi connectivity index (χ0v) is 9.10. The Bertz CT molecular complexity index is 369. The monoisotopic (exact) mass is 223 g/mol. The van der Waals surface area contributed by atoms with E-state index < -0.39 is 11.6 Å². The average Bonchev–Trinajstić information content (AvgIpc) is 2.26. The Labute approximate surface area is 94.9 Å². The lowest BCUT2D eigenvalue weighted by Crippen LogP contribution is -2.15. The second kappa shape index (κ2) is 6.97. The molecule has 0 radical (unpaired) electrons. The lowest BCUT2D eigenvalue weighted by atomic mass is 10.2. The van der Waals surface area contributed by atoms with E-state index in [-0.39, 0.29) is 0 Å². The molecule has 1 aromatic carbocycles. The van der Waals surface area contributed by atoms with Crippen LogP contribution in [0.25, 0.3) is 0 Å². The minimum absolute atomic E-state index is 0.419. The van der Waals surface area contributed by atoms with E-state index >= 15 is 0 Å². The van der Waals surface area contributed by atoms with Crippen molar-refractivity contribution in [1.29, 1.82) is 0 Å².